The lowest BCUT2D eigenvalue weighted by Gasteiger charge is -2.31. The predicted molar refractivity (Wildman–Crippen MR) is 161 cm³/mol. The maximum absolute atomic E-state index is 14.4. The predicted octanol–water partition coefficient (Wildman–Crippen LogP) is 6.50. The van der Waals surface area contributed by atoms with Crippen molar-refractivity contribution in [2.24, 2.45) is 0 Å². The van der Waals surface area contributed by atoms with Gasteiger partial charge in [0.05, 0.1) is 17.3 Å². The third-order valence-corrected chi connectivity index (χ3v) is 7.52. The second kappa shape index (κ2) is 13.4. The largest absolute Gasteiger partial charge is 0.474 e. The molecule has 1 fully saturated rings. The summed E-state index contributed by atoms with van der Waals surface area (Å²) in [7, 11) is 3.41. The van der Waals surface area contributed by atoms with Crippen LogP contribution >= 0.6 is 0 Å². The molecule has 0 saturated carbocycles. The number of likely N-dealkylation sites (tertiary alicyclic amines) is 1. The Morgan fingerprint density at radius 2 is 1.77 bits per heavy atom. The first-order valence-corrected chi connectivity index (χ1v) is 14.3. The number of pyridine rings is 1. The van der Waals surface area contributed by atoms with E-state index in [-0.39, 0.29) is 23.0 Å². The maximum atomic E-state index is 14.4. The van der Waals surface area contributed by atoms with E-state index in [9.17, 15) is 22.4 Å². The van der Waals surface area contributed by atoms with Gasteiger partial charge >= 0.3 is 6.18 Å². The smallest absolute Gasteiger partial charge is 0.393 e. The van der Waals surface area contributed by atoms with E-state index in [2.05, 4.69) is 20.1 Å². The van der Waals surface area contributed by atoms with E-state index in [1.165, 1.54) is 17.2 Å². The molecule has 44 heavy (non-hydrogen) atoms. The summed E-state index contributed by atoms with van der Waals surface area (Å²) in [6, 6.07) is 16.5. The second-order valence-corrected chi connectivity index (χ2v) is 10.9. The molecule has 1 aliphatic rings. The summed E-state index contributed by atoms with van der Waals surface area (Å²) in [6.07, 6.45) is 0.714. The quantitative estimate of drug-likeness (QED) is 0.134. The van der Waals surface area contributed by atoms with Crippen LogP contribution in [0.3, 0.4) is 0 Å². The van der Waals surface area contributed by atoms with Crippen molar-refractivity contribution in [1.82, 2.24) is 25.0 Å². The first kappa shape index (κ1) is 30.9. The van der Waals surface area contributed by atoms with E-state index in [1.807, 2.05) is 6.08 Å². The standard InChI is InChI=1S/C33H33F4N5O2/c1-41(2)30(43)9-6-16-42-17-14-25(15-18-42)44-29-13-11-24(21-38-29)31(23-10-12-28-26(19-23)32(34)40-39-28)27(20-33(35,36)37)22-7-4-3-5-8-22/h3-13,19,21,25H,14-18,20H2,1-2H3,(H,39,40)/b9-6?,31-27-. The first-order valence-electron chi connectivity index (χ1n) is 14.3. The van der Waals surface area contributed by atoms with Crippen LogP contribution in [0.1, 0.15) is 36.0 Å². The normalized spacial score (nSPS) is 15.5. The molecule has 5 rings (SSSR count). The van der Waals surface area contributed by atoms with Gasteiger partial charge in [-0.25, -0.2) is 4.98 Å². The minimum atomic E-state index is -4.50. The molecule has 1 N–H and O–H groups in total. The topological polar surface area (TPSA) is 74.3 Å². The monoisotopic (exact) mass is 607 g/mol. The van der Waals surface area contributed by atoms with Crippen molar-refractivity contribution >= 4 is 28.0 Å². The summed E-state index contributed by atoms with van der Waals surface area (Å²) < 4.78 is 62.5. The molecular weight excluding hydrogens is 574 g/mol. The average Bonchev–Trinajstić information content (AvgIpc) is 3.38. The van der Waals surface area contributed by atoms with Crippen LogP contribution in [0.5, 0.6) is 5.88 Å². The lowest BCUT2D eigenvalue weighted by Crippen LogP contribution is -2.38. The first-order chi connectivity index (χ1) is 21.1. The highest BCUT2D eigenvalue weighted by Gasteiger charge is 2.32. The van der Waals surface area contributed by atoms with Gasteiger partial charge in [-0.05, 0) is 53.3 Å². The molecule has 0 aliphatic carbocycles. The van der Waals surface area contributed by atoms with E-state index >= 15 is 0 Å². The number of aromatic nitrogens is 3. The summed E-state index contributed by atoms with van der Waals surface area (Å²) >= 11 is 0. The summed E-state index contributed by atoms with van der Waals surface area (Å²) in [4.78, 5) is 20.0. The fraction of sp³-hybridized carbons (Fsp3) is 0.303. The van der Waals surface area contributed by atoms with Crippen LogP contribution in [0.4, 0.5) is 17.6 Å². The number of fused-ring (bicyclic) bond motifs is 1. The van der Waals surface area contributed by atoms with Crippen LogP contribution in [0.2, 0.25) is 0 Å². The highest BCUT2D eigenvalue weighted by Crippen LogP contribution is 2.40. The molecule has 11 heteroatoms. The lowest BCUT2D eigenvalue weighted by atomic mass is 9.88. The molecule has 0 atom stereocenters. The number of nitrogens with zero attached hydrogens (tertiary/aromatic N) is 4. The van der Waals surface area contributed by atoms with Crippen molar-refractivity contribution in [2.75, 3.05) is 33.7 Å². The molecule has 0 bridgehead atoms. The molecule has 1 saturated heterocycles. The Morgan fingerprint density at radius 1 is 1.05 bits per heavy atom. The number of carbonyl (C=O) groups is 1. The van der Waals surface area contributed by atoms with Crippen LogP contribution in [0.25, 0.3) is 22.0 Å². The van der Waals surface area contributed by atoms with Crippen LogP contribution < -0.4 is 4.74 Å². The Bertz CT molecular complexity index is 1640. The number of hydrogen-bond acceptors (Lipinski definition) is 5. The van der Waals surface area contributed by atoms with Crippen molar-refractivity contribution in [1.29, 1.82) is 0 Å². The van der Waals surface area contributed by atoms with Gasteiger partial charge in [0.2, 0.25) is 17.7 Å². The SMILES string of the molecule is CN(C)C(=O)C=CCN1CCC(Oc2ccc(/C(=C(/CC(F)(F)F)c3ccccc3)c3ccc4[nH]nc(F)c4c3)cn2)CC1. The molecule has 230 valence electrons. The molecule has 3 heterocycles. The van der Waals surface area contributed by atoms with Gasteiger partial charge in [0.25, 0.3) is 0 Å². The number of amides is 1. The number of aromatic amines is 1. The Balaban J connectivity index is 1.40. The number of likely N-dealkylation sites (N-methyl/N-ethyl adjacent to an activating group) is 1. The minimum absolute atomic E-state index is 0.0468. The molecule has 1 aliphatic heterocycles. The van der Waals surface area contributed by atoms with Gasteiger partial charge in [-0.15, -0.1) is 5.10 Å². The zero-order chi connectivity index (χ0) is 31.3. The van der Waals surface area contributed by atoms with Crippen molar-refractivity contribution in [2.45, 2.75) is 31.5 Å². The molecule has 1 amide bonds. The highest BCUT2D eigenvalue weighted by molar-refractivity contribution is 6.00. The Morgan fingerprint density at radius 3 is 2.43 bits per heavy atom. The number of rotatable bonds is 9. The Labute approximate surface area is 252 Å². The maximum Gasteiger partial charge on any atom is 0.393 e. The van der Waals surface area contributed by atoms with Crippen LogP contribution in [-0.2, 0) is 4.79 Å². The molecule has 4 aromatic rings. The molecule has 7 nitrogen and oxygen atoms in total. The van der Waals surface area contributed by atoms with Crippen LogP contribution in [-0.4, -0.2) is 76.9 Å². The van der Waals surface area contributed by atoms with Gasteiger partial charge in [0, 0.05) is 57.6 Å². The van der Waals surface area contributed by atoms with Gasteiger partial charge in [0.1, 0.15) is 6.10 Å². The number of benzene rings is 2. The van der Waals surface area contributed by atoms with Gasteiger partial charge in [-0.3, -0.25) is 14.8 Å². The van der Waals surface area contributed by atoms with Gasteiger partial charge in [-0.2, -0.15) is 17.6 Å². The molecule has 2 aromatic heterocycles. The minimum Gasteiger partial charge on any atom is -0.474 e. The molecule has 0 radical (unpaired) electrons. The third kappa shape index (κ3) is 7.71. The zero-order valence-corrected chi connectivity index (χ0v) is 24.4. The van der Waals surface area contributed by atoms with Gasteiger partial charge < -0.3 is 9.64 Å². The second-order valence-electron chi connectivity index (χ2n) is 10.9. The molecule has 0 unspecified atom stereocenters. The van der Waals surface area contributed by atoms with Gasteiger partial charge in [0.15, 0.2) is 0 Å². The number of hydrogen-bond donors (Lipinski definition) is 1. The fourth-order valence-electron chi connectivity index (χ4n) is 5.26. The zero-order valence-electron chi connectivity index (χ0n) is 24.4. The number of alkyl halides is 3. The average molecular weight is 608 g/mol. The van der Waals surface area contributed by atoms with Crippen molar-refractivity contribution in [3.63, 3.8) is 0 Å². The number of allylic oxidation sites excluding steroid dienone is 1. The molecular formula is C33H33F4N5O2. The molecule has 2 aromatic carbocycles. The number of ether oxygens (including phenoxy) is 1. The summed E-state index contributed by atoms with van der Waals surface area (Å²) in [6.45, 7) is 2.26. The van der Waals surface area contributed by atoms with Crippen molar-refractivity contribution < 1.29 is 27.1 Å². The number of piperidine rings is 1. The number of halogens is 4. The van der Waals surface area contributed by atoms with Crippen molar-refractivity contribution in [3.8, 4) is 5.88 Å². The third-order valence-electron chi connectivity index (χ3n) is 7.52. The lowest BCUT2D eigenvalue weighted by molar-refractivity contribution is -0.124. The Kier molecular flexibility index (Phi) is 9.43. The number of nitrogens with one attached hydrogen (secondary N) is 1. The summed E-state index contributed by atoms with van der Waals surface area (Å²) in [5, 5.41) is 6.36. The van der Waals surface area contributed by atoms with Crippen LogP contribution in [0, 0.1) is 5.95 Å². The number of H-pyrrole nitrogens is 1. The fourth-order valence-corrected chi connectivity index (χ4v) is 5.26. The number of carbonyl (C=O) groups excluding carboxylic acids is 1. The highest BCUT2D eigenvalue weighted by atomic mass is 19.4. The van der Waals surface area contributed by atoms with E-state index in [1.54, 1.807) is 74.8 Å². The van der Waals surface area contributed by atoms with E-state index in [4.69, 9.17) is 4.74 Å². The van der Waals surface area contributed by atoms with E-state index in [0.29, 0.717) is 40.2 Å². The molecule has 0 spiro atoms. The Hall–Kier alpha value is -4.51. The summed E-state index contributed by atoms with van der Waals surface area (Å²) in [5.41, 5.74) is 2.03. The van der Waals surface area contributed by atoms with Gasteiger partial charge in [-0.1, -0.05) is 42.5 Å². The van der Waals surface area contributed by atoms with Crippen molar-refractivity contribution in [3.05, 3.63) is 102 Å². The summed E-state index contributed by atoms with van der Waals surface area (Å²) in [5.74, 6) is -0.417. The van der Waals surface area contributed by atoms with E-state index < -0.39 is 18.5 Å². The van der Waals surface area contributed by atoms with E-state index in [0.717, 1.165) is 25.9 Å². The van der Waals surface area contributed by atoms with Crippen LogP contribution in [0.15, 0.2) is 79.0 Å².